The number of nitrogens with one attached hydrogen (secondary N) is 2. The Labute approximate surface area is 120 Å². The van der Waals surface area contributed by atoms with Gasteiger partial charge < -0.3 is 15.5 Å². The van der Waals surface area contributed by atoms with Crippen LogP contribution in [-0.2, 0) is 11.3 Å². The van der Waals surface area contributed by atoms with Crippen molar-refractivity contribution in [1.82, 2.24) is 9.97 Å². The average molecular weight is 279 g/mol. The molecule has 0 saturated heterocycles. The second kappa shape index (κ2) is 6.85. The van der Waals surface area contributed by atoms with Crippen molar-refractivity contribution in [3.8, 4) is 0 Å². The summed E-state index contributed by atoms with van der Waals surface area (Å²) in [4.78, 5) is 8.78. The van der Waals surface area contributed by atoms with Crippen molar-refractivity contribution in [1.29, 1.82) is 0 Å². The van der Waals surface area contributed by atoms with Gasteiger partial charge in [0.25, 0.3) is 0 Å². The van der Waals surface area contributed by atoms with E-state index in [9.17, 15) is 0 Å². The van der Waals surface area contributed by atoms with Gasteiger partial charge in [0.1, 0.15) is 18.2 Å². The number of aromatic nitrogens is 2. The Hall–Kier alpha value is -1.40. The summed E-state index contributed by atoms with van der Waals surface area (Å²) in [5.41, 5.74) is 2.58. The molecule has 3 atom stereocenters. The van der Waals surface area contributed by atoms with Crippen LogP contribution >= 0.6 is 0 Å². The minimum atomic E-state index is 0.400. The van der Waals surface area contributed by atoms with Gasteiger partial charge in [-0.25, -0.2) is 15.8 Å². The second-order valence-corrected chi connectivity index (χ2v) is 5.50. The lowest BCUT2D eigenvalue weighted by Gasteiger charge is -2.20. The van der Waals surface area contributed by atoms with Gasteiger partial charge in [-0.3, -0.25) is 0 Å². The average Bonchev–Trinajstić information content (AvgIpc) is 2.77. The standard InChI is InChI=1S/C14H25N5O/c1-4-20-8-14-17-12(7-13(18-14)19-15)16-11-6-5-9(2)10(11)3/h7,9-11H,4-6,8,15H2,1-3H3,(H2,16,17,18,19). The molecule has 3 unspecified atom stereocenters. The Bertz CT molecular complexity index is 440. The van der Waals surface area contributed by atoms with Crippen molar-refractivity contribution in [2.45, 2.75) is 46.3 Å². The maximum absolute atomic E-state index is 5.46. The van der Waals surface area contributed by atoms with Crippen molar-refractivity contribution in [2.75, 3.05) is 17.3 Å². The van der Waals surface area contributed by atoms with Gasteiger partial charge in [0.2, 0.25) is 0 Å². The zero-order chi connectivity index (χ0) is 14.5. The smallest absolute Gasteiger partial charge is 0.158 e. The first-order valence-corrected chi connectivity index (χ1v) is 7.33. The van der Waals surface area contributed by atoms with E-state index in [-0.39, 0.29) is 0 Å². The number of rotatable bonds is 6. The Morgan fingerprint density at radius 1 is 1.30 bits per heavy atom. The molecule has 1 aliphatic carbocycles. The van der Waals surface area contributed by atoms with Crippen LogP contribution in [0.25, 0.3) is 0 Å². The fourth-order valence-electron chi connectivity index (χ4n) is 2.66. The molecule has 4 N–H and O–H groups in total. The van der Waals surface area contributed by atoms with Gasteiger partial charge in [-0.15, -0.1) is 0 Å². The number of ether oxygens (including phenoxy) is 1. The summed E-state index contributed by atoms with van der Waals surface area (Å²) in [6, 6.07) is 2.30. The third kappa shape index (κ3) is 3.58. The molecule has 0 aliphatic heterocycles. The van der Waals surface area contributed by atoms with Gasteiger partial charge in [0.15, 0.2) is 5.82 Å². The Morgan fingerprint density at radius 2 is 2.05 bits per heavy atom. The maximum atomic E-state index is 5.46. The van der Waals surface area contributed by atoms with E-state index in [2.05, 4.69) is 34.6 Å². The van der Waals surface area contributed by atoms with Gasteiger partial charge in [-0.05, 0) is 31.6 Å². The predicted molar refractivity (Wildman–Crippen MR) is 80.1 cm³/mol. The third-order valence-corrected chi connectivity index (χ3v) is 4.15. The summed E-state index contributed by atoms with van der Waals surface area (Å²) in [6.45, 7) is 7.59. The van der Waals surface area contributed by atoms with Crippen LogP contribution in [0.15, 0.2) is 6.07 Å². The normalized spacial score (nSPS) is 25.7. The van der Waals surface area contributed by atoms with Gasteiger partial charge in [-0.1, -0.05) is 13.8 Å². The van der Waals surface area contributed by atoms with Crippen molar-refractivity contribution in [3.05, 3.63) is 11.9 Å². The second-order valence-electron chi connectivity index (χ2n) is 5.50. The summed E-state index contributed by atoms with van der Waals surface area (Å²) in [5, 5.41) is 3.51. The molecule has 6 nitrogen and oxygen atoms in total. The number of hydrogen-bond donors (Lipinski definition) is 3. The number of nitrogens with two attached hydrogens (primary N) is 1. The zero-order valence-electron chi connectivity index (χ0n) is 12.5. The molecule has 112 valence electrons. The Kier molecular flexibility index (Phi) is 5.14. The molecule has 20 heavy (non-hydrogen) atoms. The summed E-state index contributed by atoms with van der Waals surface area (Å²) >= 11 is 0. The van der Waals surface area contributed by atoms with E-state index in [4.69, 9.17) is 10.6 Å². The summed E-state index contributed by atoms with van der Waals surface area (Å²) in [5.74, 6) is 8.93. The van der Waals surface area contributed by atoms with E-state index >= 15 is 0 Å². The van der Waals surface area contributed by atoms with Crippen molar-refractivity contribution < 1.29 is 4.74 Å². The molecule has 0 bridgehead atoms. The highest BCUT2D eigenvalue weighted by Crippen LogP contribution is 2.33. The van der Waals surface area contributed by atoms with Crippen LogP contribution in [0.2, 0.25) is 0 Å². The molecular weight excluding hydrogens is 254 g/mol. The molecule has 1 aliphatic rings. The van der Waals surface area contributed by atoms with E-state index in [0.717, 1.165) is 11.7 Å². The van der Waals surface area contributed by atoms with Crippen LogP contribution in [-0.4, -0.2) is 22.6 Å². The molecule has 0 amide bonds. The number of anilines is 2. The van der Waals surface area contributed by atoms with E-state index in [1.165, 1.54) is 12.8 Å². The Morgan fingerprint density at radius 3 is 2.65 bits per heavy atom. The van der Waals surface area contributed by atoms with Crippen LogP contribution in [0.3, 0.4) is 0 Å². The van der Waals surface area contributed by atoms with E-state index in [1.807, 2.05) is 13.0 Å². The molecule has 1 saturated carbocycles. The van der Waals surface area contributed by atoms with Crippen LogP contribution in [0.4, 0.5) is 11.6 Å². The first-order chi connectivity index (χ1) is 9.63. The maximum Gasteiger partial charge on any atom is 0.158 e. The summed E-state index contributed by atoms with van der Waals surface area (Å²) in [7, 11) is 0. The number of nitrogen functional groups attached to an aromatic ring is 1. The largest absolute Gasteiger partial charge is 0.374 e. The fraction of sp³-hybridized carbons (Fsp3) is 0.714. The molecule has 1 aromatic rings. The Balaban J connectivity index is 2.10. The molecule has 1 aromatic heterocycles. The lowest BCUT2D eigenvalue weighted by molar-refractivity contribution is 0.128. The predicted octanol–water partition coefficient (Wildman–Crippen LogP) is 2.15. The quantitative estimate of drug-likeness (QED) is 0.546. The van der Waals surface area contributed by atoms with Crippen LogP contribution < -0.4 is 16.6 Å². The molecule has 6 heteroatoms. The van der Waals surface area contributed by atoms with Gasteiger partial charge in [0.05, 0.1) is 0 Å². The van der Waals surface area contributed by atoms with Gasteiger partial charge >= 0.3 is 0 Å². The molecule has 0 spiro atoms. The van der Waals surface area contributed by atoms with Gasteiger partial charge in [0, 0.05) is 18.7 Å². The fourth-order valence-corrected chi connectivity index (χ4v) is 2.66. The van der Waals surface area contributed by atoms with Crippen molar-refractivity contribution in [3.63, 3.8) is 0 Å². The summed E-state index contributed by atoms with van der Waals surface area (Å²) in [6.07, 6.45) is 2.44. The molecule has 0 radical (unpaired) electrons. The number of nitrogens with zero attached hydrogens (tertiary/aromatic N) is 2. The van der Waals surface area contributed by atoms with E-state index < -0.39 is 0 Å². The molecule has 2 rings (SSSR count). The van der Waals surface area contributed by atoms with Crippen LogP contribution in [0.1, 0.15) is 39.4 Å². The lowest BCUT2D eigenvalue weighted by Crippen LogP contribution is -2.25. The molecule has 1 heterocycles. The minimum Gasteiger partial charge on any atom is -0.374 e. The highest BCUT2D eigenvalue weighted by atomic mass is 16.5. The SMILES string of the molecule is CCOCc1nc(NN)cc(NC2CCC(C)C2C)n1. The van der Waals surface area contributed by atoms with Crippen LogP contribution in [0.5, 0.6) is 0 Å². The minimum absolute atomic E-state index is 0.400. The monoisotopic (exact) mass is 279 g/mol. The molecular formula is C14H25N5O. The van der Waals surface area contributed by atoms with Crippen LogP contribution in [0, 0.1) is 11.8 Å². The van der Waals surface area contributed by atoms with E-state index in [0.29, 0.717) is 36.8 Å². The third-order valence-electron chi connectivity index (χ3n) is 4.15. The van der Waals surface area contributed by atoms with Crippen molar-refractivity contribution >= 4 is 11.6 Å². The topological polar surface area (TPSA) is 85.1 Å². The first kappa shape index (κ1) is 15.0. The van der Waals surface area contributed by atoms with Crippen molar-refractivity contribution in [2.24, 2.45) is 17.7 Å². The molecule has 0 aromatic carbocycles. The lowest BCUT2D eigenvalue weighted by atomic mass is 9.98. The molecule has 1 fully saturated rings. The van der Waals surface area contributed by atoms with E-state index in [1.54, 1.807) is 0 Å². The highest BCUT2D eigenvalue weighted by Gasteiger charge is 2.29. The summed E-state index contributed by atoms with van der Waals surface area (Å²) < 4.78 is 5.36. The number of hydrazine groups is 1. The zero-order valence-corrected chi connectivity index (χ0v) is 12.5. The first-order valence-electron chi connectivity index (χ1n) is 7.33. The highest BCUT2D eigenvalue weighted by molar-refractivity contribution is 5.47. The number of hydrogen-bond acceptors (Lipinski definition) is 6. The van der Waals surface area contributed by atoms with Gasteiger partial charge in [-0.2, -0.15) is 0 Å².